The van der Waals surface area contributed by atoms with E-state index in [-0.39, 0.29) is 5.91 Å². The van der Waals surface area contributed by atoms with Crippen LogP contribution >= 0.6 is 0 Å². The molecular formula is C13H15N3O2. The SMILES string of the molecule is Cc1cc(C(=O)NCc2ccco2)ccc1NN. The third-order valence-corrected chi connectivity index (χ3v) is 2.65. The van der Waals surface area contributed by atoms with Crippen molar-refractivity contribution in [3.8, 4) is 0 Å². The van der Waals surface area contributed by atoms with Gasteiger partial charge in [0.2, 0.25) is 0 Å². The van der Waals surface area contributed by atoms with Crippen molar-refractivity contribution < 1.29 is 9.21 Å². The molecule has 0 saturated carbocycles. The Labute approximate surface area is 105 Å². The number of furan rings is 1. The first-order valence-electron chi connectivity index (χ1n) is 5.58. The Kier molecular flexibility index (Phi) is 3.64. The molecule has 94 valence electrons. The first kappa shape index (κ1) is 12.2. The van der Waals surface area contributed by atoms with E-state index in [0.717, 1.165) is 17.0 Å². The summed E-state index contributed by atoms with van der Waals surface area (Å²) < 4.78 is 5.14. The van der Waals surface area contributed by atoms with Crippen molar-refractivity contribution >= 4 is 11.6 Å². The molecule has 5 heteroatoms. The van der Waals surface area contributed by atoms with Gasteiger partial charge in [0.15, 0.2) is 0 Å². The molecule has 0 aliphatic rings. The third-order valence-electron chi connectivity index (χ3n) is 2.65. The van der Waals surface area contributed by atoms with E-state index in [1.165, 1.54) is 0 Å². The Hall–Kier alpha value is -2.27. The summed E-state index contributed by atoms with van der Waals surface area (Å²) in [6.45, 7) is 2.26. The van der Waals surface area contributed by atoms with Crippen molar-refractivity contribution in [2.45, 2.75) is 13.5 Å². The summed E-state index contributed by atoms with van der Waals surface area (Å²) in [5, 5.41) is 2.78. The van der Waals surface area contributed by atoms with Gasteiger partial charge in [-0.15, -0.1) is 0 Å². The lowest BCUT2D eigenvalue weighted by Crippen LogP contribution is -2.22. The lowest BCUT2D eigenvalue weighted by molar-refractivity contribution is 0.0948. The van der Waals surface area contributed by atoms with Crippen LogP contribution in [-0.2, 0) is 6.54 Å². The van der Waals surface area contributed by atoms with Gasteiger partial charge >= 0.3 is 0 Å². The molecule has 0 unspecified atom stereocenters. The smallest absolute Gasteiger partial charge is 0.251 e. The van der Waals surface area contributed by atoms with Gasteiger partial charge in [-0.2, -0.15) is 0 Å². The highest BCUT2D eigenvalue weighted by molar-refractivity contribution is 5.94. The number of rotatable bonds is 4. The van der Waals surface area contributed by atoms with Crippen molar-refractivity contribution in [3.05, 3.63) is 53.5 Å². The molecule has 0 fully saturated rings. The molecule has 0 atom stereocenters. The predicted molar refractivity (Wildman–Crippen MR) is 68.9 cm³/mol. The molecule has 18 heavy (non-hydrogen) atoms. The van der Waals surface area contributed by atoms with Crippen LogP contribution in [0.25, 0.3) is 0 Å². The fraction of sp³-hybridized carbons (Fsp3) is 0.154. The van der Waals surface area contributed by atoms with E-state index in [9.17, 15) is 4.79 Å². The first-order chi connectivity index (χ1) is 8.70. The van der Waals surface area contributed by atoms with Gasteiger partial charge in [-0.3, -0.25) is 10.6 Å². The van der Waals surface area contributed by atoms with Gasteiger partial charge in [0.05, 0.1) is 18.5 Å². The fourth-order valence-electron chi connectivity index (χ4n) is 1.65. The summed E-state index contributed by atoms with van der Waals surface area (Å²) >= 11 is 0. The Bertz CT molecular complexity index is 535. The second-order valence-electron chi connectivity index (χ2n) is 3.94. The van der Waals surface area contributed by atoms with E-state index in [1.807, 2.05) is 13.0 Å². The number of aryl methyl sites for hydroxylation is 1. The quantitative estimate of drug-likeness (QED) is 0.567. The highest BCUT2D eigenvalue weighted by Gasteiger charge is 2.07. The largest absolute Gasteiger partial charge is 0.467 e. The summed E-state index contributed by atoms with van der Waals surface area (Å²) in [6.07, 6.45) is 1.58. The number of nitrogens with two attached hydrogens (primary N) is 1. The van der Waals surface area contributed by atoms with Gasteiger partial charge in [0, 0.05) is 5.56 Å². The minimum atomic E-state index is -0.141. The number of amides is 1. The number of hydrogen-bond acceptors (Lipinski definition) is 4. The number of nitrogens with one attached hydrogen (secondary N) is 2. The van der Waals surface area contributed by atoms with Gasteiger partial charge in [-0.1, -0.05) is 0 Å². The van der Waals surface area contributed by atoms with E-state index >= 15 is 0 Å². The molecule has 1 aromatic heterocycles. The summed E-state index contributed by atoms with van der Waals surface area (Å²) in [6, 6.07) is 8.88. The number of nitrogen functional groups attached to an aromatic ring is 1. The zero-order chi connectivity index (χ0) is 13.0. The highest BCUT2D eigenvalue weighted by Crippen LogP contribution is 2.15. The topological polar surface area (TPSA) is 80.3 Å². The maximum Gasteiger partial charge on any atom is 0.251 e. The molecule has 1 amide bonds. The first-order valence-corrected chi connectivity index (χ1v) is 5.58. The van der Waals surface area contributed by atoms with Crippen molar-refractivity contribution in [1.29, 1.82) is 0 Å². The van der Waals surface area contributed by atoms with E-state index in [1.54, 1.807) is 30.5 Å². The van der Waals surface area contributed by atoms with Gasteiger partial charge in [-0.25, -0.2) is 0 Å². The van der Waals surface area contributed by atoms with Gasteiger partial charge in [-0.05, 0) is 42.8 Å². The van der Waals surface area contributed by atoms with E-state index in [4.69, 9.17) is 10.3 Å². The number of benzene rings is 1. The van der Waals surface area contributed by atoms with Crippen molar-refractivity contribution in [1.82, 2.24) is 5.32 Å². The highest BCUT2D eigenvalue weighted by atomic mass is 16.3. The molecule has 0 radical (unpaired) electrons. The normalized spacial score (nSPS) is 10.1. The molecule has 0 saturated heterocycles. The van der Waals surface area contributed by atoms with Crippen molar-refractivity contribution in [3.63, 3.8) is 0 Å². The van der Waals surface area contributed by atoms with E-state index in [2.05, 4.69) is 10.7 Å². The second-order valence-corrected chi connectivity index (χ2v) is 3.94. The summed E-state index contributed by atoms with van der Waals surface area (Å²) in [4.78, 5) is 11.9. The average Bonchev–Trinajstić information content (AvgIpc) is 2.89. The molecule has 2 rings (SSSR count). The maximum atomic E-state index is 11.9. The Morgan fingerprint density at radius 3 is 2.83 bits per heavy atom. The Morgan fingerprint density at radius 2 is 2.22 bits per heavy atom. The van der Waals surface area contributed by atoms with Crippen LogP contribution in [0.1, 0.15) is 21.7 Å². The Morgan fingerprint density at radius 1 is 1.39 bits per heavy atom. The lowest BCUT2D eigenvalue weighted by atomic mass is 10.1. The van der Waals surface area contributed by atoms with Gasteiger partial charge in [0.25, 0.3) is 5.91 Å². The zero-order valence-electron chi connectivity index (χ0n) is 10.1. The van der Waals surface area contributed by atoms with Crippen LogP contribution in [-0.4, -0.2) is 5.91 Å². The molecule has 0 aliphatic carbocycles. The second kappa shape index (κ2) is 5.37. The zero-order valence-corrected chi connectivity index (χ0v) is 10.1. The minimum absolute atomic E-state index is 0.141. The van der Waals surface area contributed by atoms with Gasteiger partial charge in [0.1, 0.15) is 5.76 Å². The number of anilines is 1. The summed E-state index contributed by atoms with van der Waals surface area (Å²) in [7, 11) is 0. The average molecular weight is 245 g/mol. The molecule has 1 aromatic carbocycles. The van der Waals surface area contributed by atoms with Crippen LogP contribution in [0.5, 0.6) is 0 Å². The third kappa shape index (κ3) is 2.70. The monoisotopic (exact) mass is 245 g/mol. The van der Waals surface area contributed by atoms with Crippen LogP contribution in [0.2, 0.25) is 0 Å². The van der Waals surface area contributed by atoms with Crippen molar-refractivity contribution in [2.75, 3.05) is 5.43 Å². The van der Waals surface area contributed by atoms with Crippen LogP contribution in [0.15, 0.2) is 41.0 Å². The number of hydrazine groups is 1. The number of carbonyl (C=O) groups excluding carboxylic acids is 1. The molecule has 0 spiro atoms. The Balaban J connectivity index is 2.02. The molecule has 4 N–H and O–H groups in total. The van der Waals surface area contributed by atoms with Crippen LogP contribution in [0.4, 0.5) is 5.69 Å². The standard InChI is InChI=1S/C13H15N3O2/c1-9-7-10(4-5-12(9)16-14)13(17)15-8-11-3-2-6-18-11/h2-7,16H,8,14H2,1H3,(H,15,17). The molecule has 0 aliphatic heterocycles. The number of carbonyl (C=O) groups is 1. The molecule has 5 nitrogen and oxygen atoms in total. The molecule has 0 bridgehead atoms. The maximum absolute atomic E-state index is 11.9. The van der Waals surface area contributed by atoms with Gasteiger partial charge < -0.3 is 15.2 Å². The molecular weight excluding hydrogens is 230 g/mol. The van der Waals surface area contributed by atoms with Crippen LogP contribution in [0.3, 0.4) is 0 Å². The summed E-state index contributed by atoms with van der Waals surface area (Å²) in [5.74, 6) is 5.92. The molecule has 2 aromatic rings. The number of hydrogen-bond donors (Lipinski definition) is 3. The lowest BCUT2D eigenvalue weighted by Gasteiger charge is -2.08. The fourth-order valence-corrected chi connectivity index (χ4v) is 1.65. The van der Waals surface area contributed by atoms with Crippen molar-refractivity contribution in [2.24, 2.45) is 5.84 Å². The van der Waals surface area contributed by atoms with Crippen LogP contribution in [0, 0.1) is 6.92 Å². The molecule has 1 heterocycles. The van der Waals surface area contributed by atoms with E-state index in [0.29, 0.717) is 12.1 Å². The van der Waals surface area contributed by atoms with E-state index < -0.39 is 0 Å². The minimum Gasteiger partial charge on any atom is -0.467 e. The summed E-state index contributed by atoms with van der Waals surface area (Å²) in [5.41, 5.74) is 4.89. The van der Waals surface area contributed by atoms with Crippen LogP contribution < -0.4 is 16.6 Å². The predicted octanol–water partition coefficient (Wildman–Crippen LogP) is 1.80.